The fourth-order valence-corrected chi connectivity index (χ4v) is 1.31. The number of aliphatic carboxylic acids is 1. The molecule has 0 aromatic heterocycles. The number of hydrogen-bond donors (Lipinski definition) is 3. The number of amides is 2. The second-order valence-electron chi connectivity index (χ2n) is 4.66. The maximum atomic E-state index is 11.4. The highest BCUT2D eigenvalue weighted by Crippen LogP contribution is 2.13. The van der Waals surface area contributed by atoms with E-state index in [4.69, 9.17) is 5.11 Å². The zero-order chi connectivity index (χ0) is 14.6. The Hall–Kier alpha value is -1.31. The third-order valence-corrected chi connectivity index (χ3v) is 4.84. The molecule has 1 atom stereocenters. The molecule has 0 aliphatic heterocycles. The van der Waals surface area contributed by atoms with Crippen molar-refractivity contribution in [1.82, 2.24) is 10.6 Å². The molecule has 0 saturated carbocycles. The fraction of sp³-hybridized carbons (Fsp3) is 0.800. The number of sulfone groups is 1. The number of hydrogen-bond acceptors (Lipinski definition) is 4. The lowest BCUT2D eigenvalue weighted by Gasteiger charge is -2.23. The van der Waals surface area contributed by atoms with Gasteiger partial charge in [-0.05, 0) is 20.3 Å². The van der Waals surface area contributed by atoms with E-state index in [1.807, 2.05) is 0 Å². The molecule has 8 heteroatoms. The third kappa shape index (κ3) is 4.91. The van der Waals surface area contributed by atoms with Crippen molar-refractivity contribution < 1.29 is 23.1 Å². The number of carbonyl (C=O) groups excluding carboxylic acids is 1. The number of rotatable bonds is 6. The first-order valence-corrected chi connectivity index (χ1v) is 7.37. The van der Waals surface area contributed by atoms with Gasteiger partial charge in [-0.3, -0.25) is 0 Å². The van der Waals surface area contributed by atoms with E-state index in [9.17, 15) is 18.0 Å². The van der Waals surface area contributed by atoms with E-state index < -0.39 is 32.6 Å². The van der Waals surface area contributed by atoms with Crippen molar-refractivity contribution in [2.24, 2.45) is 0 Å². The van der Waals surface area contributed by atoms with Crippen LogP contribution in [0.3, 0.4) is 0 Å². The average molecular weight is 280 g/mol. The summed E-state index contributed by atoms with van der Waals surface area (Å²) in [7, 11) is -3.31. The minimum atomic E-state index is -3.31. The summed E-state index contributed by atoms with van der Waals surface area (Å²) in [5.74, 6) is -1.13. The second-order valence-corrected chi connectivity index (χ2v) is 7.31. The van der Waals surface area contributed by atoms with E-state index in [1.165, 1.54) is 13.8 Å². The zero-order valence-corrected chi connectivity index (χ0v) is 11.8. The highest BCUT2D eigenvalue weighted by atomic mass is 32.2. The summed E-state index contributed by atoms with van der Waals surface area (Å²) >= 11 is 0. The molecule has 0 bridgehead atoms. The Morgan fingerprint density at radius 2 is 1.83 bits per heavy atom. The molecule has 0 unspecified atom stereocenters. The van der Waals surface area contributed by atoms with Crippen LogP contribution in [0.5, 0.6) is 0 Å². The van der Waals surface area contributed by atoms with Gasteiger partial charge in [0.25, 0.3) is 0 Å². The topological polar surface area (TPSA) is 113 Å². The van der Waals surface area contributed by atoms with E-state index in [0.717, 1.165) is 6.26 Å². The van der Waals surface area contributed by atoms with Gasteiger partial charge < -0.3 is 15.7 Å². The van der Waals surface area contributed by atoms with E-state index in [0.29, 0.717) is 0 Å². The summed E-state index contributed by atoms with van der Waals surface area (Å²) in [6.45, 7) is 4.50. The molecule has 0 heterocycles. The Morgan fingerprint density at radius 3 is 2.17 bits per heavy atom. The Balaban J connectivity index is 4.41. The van der Waals surface area contributed by atoms with Gasteiger partial charge in [-0.15, -0.1) is 0 Å². The SMILES string of the molecule is CC[C@@H](NC(=O)NCC(C)(C)S(C)(=O)=O)C(=O)O. The predicted molar refractivity (Wildman–Crippen MR) is 67.2 cm³/mol. The van der Waals surface area contributed by atoms with Gasteiger partial charge in [0.2, 0.25) is 0 Å². The molecule has 0 aliphatic rings. The minimum Gasteiger partial charge on any atom is -0.480 e. The summed E-state index contributed by atoms with van der Waals surface area (Å²) in [6, 6.07) is -1.67. The van der Waals surface area contributed by atoms with Crippen LogP contribution in [-0.2, 0) is 14.6 Å². The quantitative estimate of drug-likeness (QED) is 0.632. The van der Waals surface area contributed by atoms with E-state index in [2.05, 4.69) is 10.6 Å². The van der Waals surface area contributed by atoms with Crippen LogP contribution in [0.25, 0.3) is 0 Å². The zero-order valence-electron chi connectivity index (χ0n) is 11.0. The second kappa shape index (κ2) is 6.03. The number of carbonyl (C=O) groups is 2. The summed E-state index contributed by atoms with van der Waals surface area (Å²) in [5.41, 5.74) is 0. The van der Waals surface area contributed by atoms with Gasteiger partial charge in [0.1, 0.15) is 6.04 Å². The predicted octanol–water partition coefficient (Wildman–Crippen LogP) is -0.0280. The van der Waals surface area contributed by atoms with Crippen LogP contribution in [0, 0.1) is 0 Å². The van der Waals surface area contributed by atoms with Crippen molar-refractivity contribution in [2.45, 2.75) is 38.0 Å². The van der Waals surface area contributed by atoms with Gasteiger partial charge in [0.05, 0.1) is 4.75 Å². The van der Waals surface area contributed by atoms with E-state index in [-0.39, 0.29) is 13.0 Å². The Bertz CT molecular complexity index is 416. The largest absolute Gasteiger partial charge is 0.480 e. The number of urea groups is 1. The molecule has 0 aromatic rings. The van der Waals surface area contributed by atoms with Crippen molar-refractivity contribution in [3.8, 4) is 0 Å². The van der Waals surface area contributed by atoms with Crippen LogP contribution in [0.2, 0.25) is 0 Å². The molecule has 7 nitrogen and oxygen atoms in total. The summed E-state index contributed by atoms with van der Waals surface area (Å²) < 4.78 is 21.7. The smallest absolute Gasteiger partial charge is 0.326 e. The molecule has 0 spiro atoms. The number of nitrogens with one attached hydrogen (secondary N) is 2. The Morgan fingerprint density at radius 1 is 1.33 bits per heavy atom. The van der Waals surface area contributed by atoms with Crippen molar-refractivity contribution in [2.75, 3.05) is 12.8 Å². The molecule has 18 heavy (non-hydrogen) atoms. The van der Waals surface area contributed by atoms with Gasteiger partial charge in [-0.25, -0.2) is 18.0 Å². The number of carboxylic acid groups (broad SMARTS) is 1. The average Bonchev–Trinajstić information content (AvgIpc) is 2.21. The van der Waals surface area contributed by atoms with E-state index >= 15 is 0 Å². The molecule has 0 radical (unpaired) electrons. The molecule has 0 rings (SSSR count). The molecule has 106 valence electrons. The van der Waals surface area contributed by atoms with Gasteiger partial charge in [0.15, 0.2) is 9.84 Å². The first-order chi connectivity index (χ1) is 8.01. The first-order valence-electron chi connectivity index (χ1n) is 5.48. The molecular formula is C10H20N2O5S. The van der Waals surface area contributed by atoms with Crippen molar-refractivity contribution >= 4 is 21.8 Å². The van der Waals surface area contributed by atoms with Crippen molar-refractivity contribution in [3.05, 3.63) is 0 Å². The third-order valence-electron chi connectivity index (χ3n) is 2.69. The Labute approximate surface area is 107 Å². The maximum absolute atomic E-state index is 11.4. The van der Waals surface area contributed by atoms with Crippen LogP contribution in [0.4, 0.5) is 4.79 Å². The standard InChI is InChI=1S/C10H20N2O5S/c1-5-7(8(13)14)12-9(15)11-6-10(2,3)18(4,16)17/h7H,5-6H2,1-4H3,(H,13,14)(H2,11,12,15)/t7-/m1/s1. The summed E-state index contributed by atoms with van der Waals surface area (Å²) in [6.07, 6.45) is 1.33. The highest BCUT2D eigenvalue weighted by Gasteiger charge is 2.30. The molecule has 0 saturated heterocycles. The van der Waals surface area contributed by atoms with Crippen LogP contribution in [-0.4, -0.2) is 49.1 Å². The van der Waals surface area contributed by atoms with Gasteiger partial charge in [0, 0.05) is 12.8 Å². The lowest BCUT2D eigenvalue weighted by molar-refractivity contribution is -0.139. The summed E-state index contributed by atoms with van der Waals surface area (Å²) in [4.78, 5) is 22.1. The van der Waals surface area contributed by atoms with Crippen LogP contribution in [0.1, 0.15) is 27.2 Å². The van der Waals surface area contributed by atoms with Gasteiger partial charge in [-0.1, -0.05) is 6.92 Å². The molecule has 3 N–H and O–H groups in total. The van der Waals surface area contributed by atoms with Gasteiger partial charge in [-0.2, -0.15) is 0 Å². The highest BCUT2D eigenvalue weighted by molar-refractivity contribution is 7.92. The lowest BCUT2D eigenvalue weighted by atomic mass is 10.2. The molecule has 0 aromatic carbocycles. The van der Waals surface area contributed by atoms with Crippen molar-refractivity contribution in [3.63, 3.8) is 0 Å². The van der Waals surface area contributed by atoms with Crippen LogP contribution < -0.4 is 10.6 Å². The normalized spacial score (nSPS) is 13.8. The maximum Gasteiger partial charge on any atom is 0.326 e. The molecular weight excluding hydrogens is 260 g/mol. The summed E-state index contributed by atoms with van der Waals surface area (Å²) in [5, 5.41) is 13.3. The molecule has 0 fully saturated rings. The van der Waals surface area contributed by atoms with Crippen LogP contribution >= 0.6 is 0 Å². The first kappa shape index (κ1) is 16.7. The Kier molecular flexibility index (Phi) is 5.59. The number of carboxylic acids is 1. The van der Waals surface area contributed by atoms with E-state index in [1.54, 1.807) is 6.92 Å². The van der Waals surface area contributed by atoms with Crippen LogP contribution in [0.15, 0.2) is 0 Å². The lowest BCUT2D eigenvalue weighted by Crippen LogP contribution is -2.50. The fourth-order valence-electron chi connectivity index (χ4n) is 0.972. The molecule has 0 aliphatic carbocycles. The van der Waals surface area contributed by atoms with Crippen molar-refractivity contribution in [1.29, 1.82) is 0 Å². The van der Waals surface area contributed by atoms with Gasteiger partial charge >= 0.3 is 12.0 Å². The monoisotopic (exact) mass is 280 g/mol. The molecule has 2 amide bonds. The minimum absolute atomic E-state index is 0.0896.